The quantitative estimate of drug-likeness (QED) is 0.0548. The van der Waals surface area contributed by atoms with E-state index in [0.717, 1.165) is 6.42 Å². The molecule has 73 heavy (non-hydrogen) atoms. The van der Waals surface area contributed by atoms with Gasteiger partial charge >= 0.3 is 0 Å². The third-order valence-electron chi connectivity index (χ3n) is 12.4. The average molecular weight is 1030 g/mol. The number of amides is 9. The van der Waals surface area contributed by atoms with Crippen molar-refractivity contribution < 1.29 is 48.3 Å². The number of carbonyl (C=O) groups is 9. The number of carbonyl (C=O) groups excluding carboxylic acids is 9. The van der Waals surface area contributed by atoms with Gasteiger partial charge in [0, 0.05) is 13.0 Å². The molecule has 23 nitrogen and oxygen atoms in total. The van der Waals surface area contributed by atoms with Gasteiger partial charge in [0.05, 0.1) is 12.5 Å². The molecule has 0 saturated carbocycles. The van der Waals surface area contributed by atoms with Crippen molar-refractivity contribution >= 4 is 53.2 Å². The molecular formula is C50H87N13O10. The Morgan fingerprint density at radius 2 is 1.05 bits per heavy atom. The Hall–Kier alpha value is -5.75. The van der Waals surface area contributed by atoms with Crippen LogP contribution in [0.3, 0.4) is 0 Å². The number of aliphatic hydroxyl groups excluding tert-OH is 1. The first-order valence-corrected chi connectivity index (χ1v) is 25.9. The van der Waals surface area contributed by atoms with E-state index in [9.17, 15) is 48.3 Å². The van der Waals surface area contributed by atoms with Crippen molar-refractivity contribution in [1.82, 2.24) is 47.9 Å². The van der Waals surface area contributed by atoms with E-state index in [4.69, 9.17) is 22.9 Å². The molecule has 0 bridgehead atoms. The number of aliphatic hydroxyl groups is 1. The van der Waals surface area contributed by atoms with Crippen molar-refractivity contribution in [3.8, 4) is 0 Å². The molecule has 2 rings (SSSR count). The Morgan fingerprint density at radius 1 is 0.603 bits per heavy atom. The van der Waals surface area contributed by atoms with E-state index in [2.05, 4.69) is 47.9 Å². The predicted octanol–water partition coefficient (Wildman–Crippen LogP) is -2.31. The van der Waals surface area contributed by atoms with Crippen LogP contribution in [-0.4, -0.2) is 145 Å². The first-order chi connectivity index (χ1) is 34.7. The molecule has 1 aliphatic rings. The van der Waals surface area contributed by atoms with Gasteiger partial charge in [0.25, 0.3) is 0 Å². The number of nitrogens with two attached hydrogens (primary N) is 4. The van der Waals surface area contributed by atoms with Gasteiger partial charge < -0.3 is 75.9 Å². The summed E-state index contributed by atoms with van der Waals surface area (Å²) in [6, 6.07) is -1.56. The molecule has 1 aromatic carbocycles. The Balaban J connectivity index is 2.69. The third-order valence-corrected chi connectivity index (χ3v) is 12.4. The summed E-state index contributed by atoms with van der Waals surface area (Å²) >= 11 is 0. The fourth-order valence-corrected chi connectivity index (χ4v) is 8.10. The van der Waals surface area contributed by atoms with Crippen LogP contribution in [0.4, 0.5) is 0 Å². The van der Waals surface area contributed by atoms with Gasteiger partial charge in [-0.1, -0.05) is 78.3 Å². The maximum absolute atomic E-state index is 14.3. The van der Waals surface area contributed by atoms with E-state index in [-0.39, 0.29) is 102 Å². The van der Waals surface area contributed by atoms with Crippen molar-refractivity contribution in [2.45, 2.75) is 173 Å². The molecule has 0 radical (unpaired) electrons. The lowest BCUT2D eigenvalue weighted by Crippen LogP contribution is -2.61. The van der Waals surface area contributed by atoms with Crippen molar-refractivity contribution in [3.63, 3.8) is 0 Å². The van der Waals surface area contributed by atoms with Crippen LogP contribution in [-0.2, 0) is 49.6 Å². The molecule has 0 aromatic heterocycles. The number of hydrogen-bond donors (Lipinski definition) is 14. The zero-order chi connectivity index (χ0) is 54.6. The summed E-state index contributed by atoms with van der Waals surface area (Å²) in [6.45, 7) is 10.8. The maximum atomic E-state index is 14.3. The van der Waals surface area contributed by atoms with E-state index in [1.807, 2.05) is 41.5 Å². The van der Waals surface area contributed by atoms with Gasteiger partial charge in [-0.2, -0.15) is 0 Å². The molecule has 1 unspecified atom stereocenters. The molecule has 23 heteroatoms. The van der Waals surface area contributed by atoms with Crippen LogP contribution in [0, 0.1) is 17.8 Å². The fraction of sp³-hybridized carbons (Fsp3) is 0.700. The van der Waals surface area contributed by atoms with E-state index in [1.165, 1.54) is 0 Å². The highest BCUT2D eigenvalue weighted by Crippen LogP contribution is 2.14. The Labute approximate surface area is 430 Å². The Kier molecular flexibility index (Phi) is 29.4. The SMILES string of the molecule is CCC(C)CC[C@@H](O)CC(=O)N[C@H](CCN)C(=O)N[C@H]1CCNC(=O)[C@H](CC(C)C)NC(=O)[C@H](CCN)NC(=O)[C@H](CCN)NC(=O)[C@@H](Cc2ccccc2)NC(=O)[C@H](CC(C)C)NC(=O)[C@H](CCN)NC1=O. The molecule has 1 aliphatic heterocycles. The normalized spacial score (nSPS) is 23.6. The topological polar surface area (TPSA) is 386 Å². The van der Waals surface area contributed by atoms with Gasteiger partial charge in [0.2, 0.25) is 53.2 Å². The second kappa shape index (κ2) is 33.9. The summed E-state index contributed by atoms with van der Waals surface area (Å²) in [7, 11) is 0. The average Bonchev–Trinajstić information content (AvgIpc) is 3.33. The molecule has 1 aromatic rings. The van der Waals surface area contributed by atoms with Crippen LogP contribution < -0.4 is 70.8 Å². The molecular weight excluding hydrogens is 943 g/mol. The van der Waals surface area contributed by atoms with Gasteiger partial charge in [-0.3, -0.25) is 43.2 Å². The minimum Gasteiger partial charge on any atom is -0.393 e. The van der Waals surface area contributed by atoms with Crippen LogP contribution in [0.2, 0.25) is 0 Å². The van der Waals surface area contributed by atoms with Crippen LogP contribution in [0.15, 0.2) is 30.3 Å². The third kappa shape index (κ3) is 23.8. The molecule has 1 saturated heterocycles. The van der Waals surface area contributed by atoms with E-state index >= 15 is 0 Å². The van der Waals surface area contributed by atoms with Crippen LogP contribution >= 0.6 is 0 Å². The predicted molar refractivity (Wildman–Crippen MR) is 276 cm³/mol. The van der Waals surface area contributed by atoms with Crippen LogP contribution in [0.1, 0.15) is 118 Å². The maximum Gasteiger partial charge on any atom is 0.243 e. The van der Waals surface area contributed by atoms with Gasteiger partial charge in [0.1, 0.15) is 48.3 Å². The number of nitrogens with one attached hydrogen (secondary N) is 9. The van der Waals surface area contributed by atoms with Crippen molar-refractivity contribution in [1.29, 1.82) is 0 Å². The molecule has 9 amide bonds. The molecule has 0 spiro atoms. The number of rotatable bonds is 23. The van der Waals surface area contributed by atoms with Crippen molar-refractivity contribution in [2.75, 3.05) is 32.7 Å². The Morgan fingerprint density at radius 3 is 1.53 bits per heavy atom. The first kappa shape index (κ1) is 63.4. The lowest BCUT2D eigenvalue weighted by Gasteiger charge is -2.28. The summed E-state index contributed by atoms with van der Waals surface area (Å²) in [5.41, 5.74) is 24.2. The van der Waals surface area contributed by atoms with Crippen molar-refractivity contribution in [2.24, 2.45) is 40.7 Å². The minimum atomic E-state index is -1.46. The summed E-state index contributed by atoms with van der Waals surface area (Å²) in [4.78, 5) is 126. The highest BCUT2D eigenvalue weighted by Gasteiger charge is 2.35. The second-order valence-electron chi connectivity index (χ2n) is 19.8. The van der Waals surface area contributed by atoms with E-state index in [1.54, 1.807) is 30.3 Å². The summed E-state index contributed by atoms with van der Waals surface area (Å²) in [6.07, 6.45) is 0.359. The van der Waals surface area contributed by atoms with Crippen molar-refractivity contribution in [3.05, 3.63) is 35.9 Å². The fourth-order valence-electron chi connectivity index (χ4n) is 8.10. The minimum absolute atomic E-state index is 0.0373. The summed E-state index contributed by atoms with van der Waals surface area (Å²) in [5.74, 6) is -6.77. The highest BCUT2D eigenvalue weighted by molar-refractivity contribution is 5.98. The smallest absolute Gasteiger partial charge is 0.243 e. The Bertz CT molecular complexity index is 1930. The first-order valence-electron chi connectivity index (χ1n) is 25.9. The zero-order valence-electron chi connectivity index (χ0n) is 43.8. The molecule has 1 heterocycles. The van der Waals surface area contributed by atoms with E-state index < -0.39 is 108 Å². The lowest BCUT2D eigenvalue weighted by molar-refractivity contribution is -0.136. The largest absolute Gasteiger partial charge is 0.393 e. The molecule has 18 N–H and O–H groups in total. The number of benzene rings is 1. The van der Waals surface area contributed by atoms with Crippen LogP contribution in [0.5, 0.6) is 0 Å². The molecule has 0 aliphatic carbocycles. The second-order valence-corrected chi connectivity index (χ2v) is 19.8. The number of hydrogen-bond acceptors (Lipinski definition) is 14. The van der Waals surface area contributed by atoms with Gasteiger partial charge in [-0.25, -0.2) is 0 Å². The molecule has 10 atom stereocenters. The highest BCUT2D eigenvalue weighted by atomic mass is 16.3. The summed E-state index contributed by atoms with van der Waals surface area (Å²) in [5, 5.41) is 34.7. The van der Waals surface area contributed by atoms with E-state index in [0.29, 0.717) is 24.3 Å². The van der Waals surface area contributed by atoms with Gasteiger partial charge in [-0.15, -0.1) is 0 Å². The lowest BCUT2D eigenvalue weighted by atomic mass is 9.99. The van der Waals surface area contributed by atoms with Crippen LogP contribution in [0.25, 0.3) is 0 Å². The standard InChI is InChI=1S/C50H87N13O10/c1-7-31(6)13-14-33(64)28-42(65)56-34(15-20-51)44(67)60-38-19-24-55-43(66)39(25-29(2)3)61-46(69)36(17-22-53)57-45(68)35(16-21-52)59-50(73)41(27-32-11-9-8-10-12-32)63-49(72)40(26-30(4)5)62-47(70)37(18-23-54)58-48(38)71/h8-12,29-31,33-41,64H,7,13-28,51-54H2,1-6H3,(H,55,66)(H,56,65)(H,57,68)(H,58,71)(H,59,73)(H,60,67)(H,61,69)(H,62,70)(H,63,72)/t31?,33-,34-,35+,36+,37+,38+,39+,40+,41-/m1/s1. The summed E-state index contributed by atoms with van der Waals surface area (Å²) < 4.78 is 0. The van der Waals surface area contributed by atoms with Gasteiger partial charge in [-0.05, 0) is 107 Å². The zero-order valence-corrected chi connectivity index (χ0v) is 43.8. The molecule has 1 fully saturated rings. The van der Waals surface area contributed by atoms with Gasteiger partial charge in [0.15, 0.2) is 0 Å². The molecule has 412 valence electrons. The monoisotopic (exact) mass is 1030 g/mol.